The summed E-state index contributed by atoms with van der Waals surface area (Å²) in [4.78, 5) is 17.0. The van der Waals surface area contributed by atoms with E-state index in [1.165, 1.54) is 30.2 Å². The van der Waals surface area contributed by atoms with Crippen molar-refractivity contribution in [2.24, 2.45) is 0 Å². The van der Waals surface area contributed by atoms with Crippen LogP contribution < -0.4 is 10.1 Å². The number of hydrogen-bond acceptors (Lipinski definition) is 6. The predicted molar refractivity (Wildman–Crippen MR) is 135 cm³/mol. The summed E-state index contributed by atoms with van der Waals surface area (Å²) >= 11 is 1.40. The van der Waals surface area contributed by atoms with Gasteiger partial charge in [0.2, 0.25) is 5.91 Å². The summed E-state index contributed by atoms with van der Waals surface area (Å²) < 4.78 is 7.55. The van der Waals surface area contributed by atoms with E-state index in [4.69, 9.17) is 4.74 Å². The Balaban J connectivity index is 1.51. The van der Waals surface area contributed by atoms with Crippen LogP contribution >= 0.6 is 11.8 Å². The molecule has 34 heavy (non-hydrogen) atoms. The van der Waals surface area contributed by atoms with E-state index in [0.29, 0.717) is 24.1 Å². The van der Waals surface area contributed by atoms with Crippen molar-refractivity contribution in [1.82, 2.24) is 25.1 Å². The van der Waals surface area contributed by atoms with E-state index in [1.807, 2.05) is 54.8 Å². The molecule has 1 aliphatic rings. The second-order valence-electron chi connectivity index (χ2n) is 8.22. The highest BCUT2D eigenvalue weighted by Gasteiger charge is 2.22. The number of hydrogen-bond donors (Lipinski definition) is 1. The van der Waals surface area contributed by atoms with Crippen molar-refractivity contribution in [3.8, 4) is 22.8 Å². The van der Waals surface area contributed by atoms with Crippen LogP contribution in [-0.2, 0) is 4.79 Å². The van der Waals surface area contributed by atoms with E-state index in [9.17, 15) is 4.79 Å². The summed E-state index contributed by atoms with van der Waals surface area (Å²) in [7, 11) is 0. The average molecular weight is 478 g/mol. The molecule has 178 valence electrons. The minimum Gasteiger partial charge on any atom is -0.494 e. The molecule has 0 saturated carbocycles. The van der Waals surface area contributed by atoms with Crippen LogP contribution in [-0.4, -0.2) is 44.1 Å². The standard InChI is InChI=1S/C26H31N5O2S/c1-3-33-23-13-11-22(12-14-23)31-24(21-10-7-16-27-18-21)29-30-26(31)34-19(2)25(32)28-17-15-20-8-5-4-6-9-20/h7-8,10-14,16,18-19H,3-6,9,15,17H2,1-2H3,(H,28,32)/t19-/m0/s1. The average Bonchev–Trinajstić information content (AvgIpc) is 3.29. The highest BCUT2D eigenvalue weighted by atomic mass is 32.2. The largest absolute Gasteiger partial charge is 0.494 e. The number of ether oxygens (including phenoxy) is 1. The number of rotatable bonds is 10. The summed E-state index contributed by atoms with van der Waals surface area (Å²) in [5, 5.41) is 12.3. The van der Waals surface area contributed by atoms with Gasteiger partial charge >= 0.3 is 0 Å². The number of thioether (sulfide) groups is 1. The molecule has 0 bridgehead atoms. The van der Waals surface area contributed by atoms with Crippen LogP contribution in [0.4, 0.5) is 0 Å². The number of carbonyl (C=O) groups is 1. The third-order valence-electron chi connectivity index (χ3n) is 5.74. The number of aromatic nitrogens is 4. The van der Waals surface area contributed by atoms with Gasteiger partial charge in [-0.1, -0.05) is 23.4 Å². The van der Waals surface area contributed by atoms with Crippen LogP contribution in [0.15, 0.2) is 65.6 Å². The normalized spacial score (nSPS) is 14.4. The van der Waals surface area contributed by atoms with Crippen molar-refractivity contribution in [3.05, 3.63) is 60.4 Å². The molecule has 3 aromatic rings. The number of pyridine rings is 1. The Morgan fingerprint density at radius 1 is 1.21 bits per heavy atom. The molecule has 1 aliphatic carbocycles. The number of allylic oxidation sites excluding steroid dienone is 1. The minimum absolute atomic E-state index is 0.00517. The summed E-state index contributed by atoms with van der Waals surface area (Å²) in [5.74, 6) is 1.49. The first-order chi connectivity index (χ1) is 16.7. The molecule has 1 atom stereocenters. The topological polar surface area (TPSA) is 81.9 Å². The van der Waals surface area contributed by atoms with E-state index in [1.54, 1.807) is 12.4 Å². The monoisotopic (exact) mass is 477 g/mol. The molecule has 4 rings (SSSR count). The molecule has 0 saturated heterocycles. The molecule has 1 amide bonds. The fourth-order valence-corrected chi connectivity index (χ4v) is 4.84. The van der Waals surface area contributed by atoms with Gasteiger partial charge in [-0.3, -0.25) is 14.3 Å². The summed E-state index contributed by atoms with van der Waals surface area (Å²) in [5.41, 5.74) is 3.21. The lowest BCUT2D eigenvalue weighted by Crippen LogP contribution is -2.32. The van der Waals surface area contributed by atoms with Gasteiger partial charge in [0.05, 0.1) is 11.9 Å². The van der Waals surface area contributed by atoms with Gasteiger partial charge < -0.3 is 10.1 Å². The van der Waals surface area contributed by atoms with Crippen LogP contribution in [0, 0.1) is 0 Å². The highest BCUT2D eigenvalue weighted by Crippen LogP contribution is 2.30. The van der Waals surface area contributed by atoms with Crippen molar-refractivity contribution in [3.63, 3.8) is 0 Å². The number of benzene rings is 1. The first kappa shape index (κ1) is 24.0. The predicted octanol–water partition coefficient (Wildman–Crippen LogP) is 5.22. The first-order valence-corrected chi connectivity index (χ1v) is 12.7. The second-order valence-corrected chi connectivity index (χ2v) is 9.53. The Kier molecular flexibility index (Phi) is 8.36. The number of carbonyl (C=O) groups excluding carboxylic acids is 1. The second kappa shape index (κ2) is 11.8. The van der Waals surface area contributed by atoms with E-state index >= 15 is 0 Å². The van der Waals surface area contributed by atoms with Crippen molar-refractivity contribution >= 4 is 17.7 Å². The number of nitrogens with one attached hydrogen (secondary N) is 1. The molecule has 0 spiro atoms. The van der Waals surface area contributed by atoms with Crippen LogP contribution in [0.25, 0.3) is 17.1 Å². The molecule has 0 fully saturated rings. The number of amides is 1. The van der Waals surface area contributed by atoms with Gasteiger partial charge in [-0.2, -0.15) is 0 Å². The molecule has 7 nitrogen and oxygen atoms in total. The lowest BCUT2D eigenvalue weighted by atomic mass is 9.97. The minimum atomic E-state index is -0.312. The molecule has 8 heteroatoms. The Bertz CT molecular complexity index is 1110. The zero-order chi connectivity index (χ0) is 23.8. The molecular weight excluding hydrogens is 446 g/mol. The van der Waals surface area contributed by atoms with Gasteiger partial charge in [0, 0.05) is 30.2 Å². The fraction of sp³-hybridized carbons (Fsp3) is 0.385. The van der Waals surface area contributed by atoms with Gasteiger partial charge in [0.1, 0.15) is 5.75 Å². The highest BCUT2D eigenvalue weighted by molar-refractivity contribution is 8.00. The van der Waals surface area contributed by atoms with Crippen LogP contribution in [0.1, 0.15) is 46.0 Å². The lowest BCUT2D eigenvalue weighted by Gasteiger charge is -2.16. The van der Waals surface area contributed by atoms with Gasteiger partial charge in [-0.05, 0) is 82.3 Å². The van der Waals surface area contributed by atoms with E-state index in [-0.39, 0.29) is 11.2 Å². The summed E-state index contributed by atoms with van der Waals surface area (Å²) in [6, 6.07) is 11.6. The van der Waals surface area contributed by atoms with E-state index < -0.39 is 0 Å². The first-order valence-electron chi connectivity index (χ1n) is 11.9. The SMILES string of the molecule is CCOc1ccc(-n2c(S[C@@H](C)C(=O)NCCC3=CCCCC3)nnc2-c2cccnc2)cc1. The van der Waals surface area contributed by atoms with Gasteiger partial charge in [0.15, 0.2) is 11.0 Å². The van der Waals surface area contributed by atoms with Crippen molar-refractivity contribution < 1.29 is 9.53 Å². The van der Waals surface area contributed by atoms with Crippen LogP contribution in [0.5, 0.6) is 5.75 Å². The quantitative estimate of drug-likeness (QED) is 0.319. The molecular formula is C26H31N5O2S. The maximum absolute atomic E-state index is 12.8. The molecule has 0 unspecified atom stereocenters. The molecule has 2 heterocycles. The Morgan fingerprint density at radius 2 is 2.06 bits per heavy atom. The zero-order valence-electron chi connectivity index (χ0n) is 19.7. The van der Waals surface area contributed by atoms with E-state index in [0.717, 1.165) is 36.3 Å². The maximum Gasteiger partial charge on any atom is 0.233 e. The van der Waals surface area contributed by atoms with Crippen LogP contribution in [0.3, 0.4) is 0 Å². The van der Waals surface area contributed by atoms with Gasteiger partial charge in [0.25, 0.3) is 0 Å². The molecule has 0 radical (unpaired) electrons. The molecule has 1 N–H and O–H groups in total. The Labute approximate surface area is 205 Å². The zero-order valence-corrected chi connectivity index (χ0v) is 20.6. The number of nitrogens with zero attached hydrogens (tertiary/aromatic N) is 4. The maximum atomic E-state index is 12.8. The van der Waals surface area contributed by atoms with Crippen LogP contribution in [0.2, 0.25) is 0 Å². The Morgan fingerprint density at radius 3 is 2.76 bits per heavy atom. The third-order valence-corrected chi connectivity index (χ3v) is 6.78. The summed E-state index contributed by atoms with van der Waals surface area (Å²) in [6.07, 6.45) is 11.6. The smallest absolute Gasteiger partial charge is 0.233 e. The van der Waals surface area contributed by atoms with Crippen molar-refractivity contribution in [1.29, 1.82) is 0 Å². The van der Waals surface area contributed by atoms with E-state index in [2.05, 4.69) is 26.6 Å². The molecule has 2 aromatic heterocycles. The van der Waals surface area contributed by atoms with Gasteiger partial charge in [-0.15, -0.1) is 10.2 Å². The lowest BCUT2D eigenvalue weighted by molar-refractivity contribution is -0.120. The van der Waals surface area contributed by atoms with Crippen molar-refractivity contribution in [2.75, 3.05) is 13.2 Å². The third kappa shape index (κ3) is 6.05. The fourth-order valence-electron chi connectivity index (χ4n) is 3.95. The molecule has 1 aromatic carbocycles. The Hall–Kier alpha value is -3.13. The van der Waals surface area contributed by atoms with Gasteiger partial charge in [-0.25, -0.2) is 0 Å². The van der Waals surface area contributed by atoms with Crippen molar-refractivity contribution in [2.45, 2.75) is 56.4 Å². The molecule has 0 aliphatic heterocycles. The summed E-state index contributed by atoms with van der Waals surface area (Å²) in [6.45, 7) is 5.14.